The Labute approximate surface area is 176 Å². The van der Waals surface area contributed by atoms with Crippen molar-refractivity contribution in [1.82, 2.24) is 24.4 Å². The number of anilines is 1. The van der Waals surface area contributed by atoms with Gasteiger partial charge in [-0.2, -0.15) is 10.2 Å². The van der Waals surface area contributed by atoms with E-state index in [0.717, 1.165) is 0 Å². The number of rotatable bonds is 7. The van der Waals surface area contributed by atoms with Crippen LogP contribution in [0.4, 0.5) is 14.6 Å². The summed E-state index contributed by atoms with van der Waals surface area (Å²) in [6.07, 6.45) is 6.57. The summed E-state index contributed by atoms with van der Waals surface area (Å²) in [7, 11) is 0. The third-order valence-electron chi connectivity index (χ3n) is 4.72. The lowest BCUT2D eigenvalue weighted by Crippen LogP contribution is -2.11. The Balaban J connectivity index is 1.63. The van der Waals surface area contributed by atoms with Gasteiger partial charge < -0.3 is 10.1 Å². The van der Waals surface area contributed by atoms with Gasteiger partial charge in [-0.25, -0.2) is 23.0 Å². The minimum absolute atomic E-state index is 0.108. The van der Waals surface area contributed by atoms with Crippen molar-refractivity contribution in [3.8, 4) is 16.9 Å². The van der Waals surface area contributed by atoms with E-state index in [4.69, 9.17) is 4.74 Å². The van der Waals surface area contributed by atoms with E-state index in [2.05, 4.69) is 20.5 Å². The highest BCUT2D eigenvalue weighted by Gasteiger charge is 2.16. The summed E-state index contributed by atoms with van der Waals surface area (Å²) >= 11 is 0. The largest absolute Gasteiger partial charge is 0.490 e. The maximum atomic E-state index is 13.8. The molecule has 1 N–H and O–H groups in total. The minimum atomic E-state index is -0.638. The van der Waals surface area contributed by atoms with Crippen LogP contribution < -0.4 is 10.1 Å². The Morgan fingerprint density at radius 2 is 2.10 bits per heavy atom. The molecule has 0 saturated heterocycles. The van der Waals surface area contributed by atoms with Crippen LogP contribution in [-0.2, 0) is 0 Å². The fourth-order valence-corrected chi connectivity index (χ4v) is 3.22. The van der Waals surface area contributed by atoms with E-state index in [1.807, 2.05) is 6.92 Å². The van der Waals surface area contributed by atoms with Gasteiger partial charge in [0.2, 0.25) is 5.91 Å². The number of hydrogen-bond acceptors (Lipinski definition) is 6. The Bertz CT molecular complexity index is 1240. The van der Waals surface area contributed by atoms with Crippen LogP contribution in [0, 0.1) is 5.82 Å². The zero-order valence-electron chi connectivity index (χ0n) is 16.9. The molecule has 1 atom stereocenters. The summed E-state index contributed by atoms with van der Waals surface area (Å²) in [5.41, 5.74) is 2.52. The molecule has 31 heavy (non-hydrogen) atoms. The van der Waals surface area contributed by atoms with E-state index in [1.54, 1.807) is 35.4 Å². The molecule has 0 aliphatic rings. The van der Waals surface area contributed by atoms with Gasteiger partial charge in [-0.1, -0.05) is 0 Å². The van der Waals surface area contributed by atoms with Gasteiger partial charge in [0, 0.05) is 36.0 Å². The molecule has 8 nitrogen and oxygen atoms in total. The average Bonchev–Trinajstić information content (AvgIpc) is 3.39. The molecule has 160 valence electrons. The van der Waals surface area contributed by atoms with Crippen LogP contribution in [0.2, 0.25) is 0 Å². The first kappa shape index (κ1) is 20.5. The molecule has 4 rings (SSSR count). The van der Waals surface area contributed by atoms with Gasteiger partial charge in [-0.15, -0.1) is 0 Å². The fraction of sp³-hybridized carbons (Fsp3) is 0.238. The van der Waals surface area contributed by atoms with E-state index in [0.29, 0.717) is 33.9 Å². The van der Waals surface area contributed by atoms with Gasteiger partial charge >= 0.3 is 0 Å². The lowest BCUT2D eigenvalue weighted by Gasteiger charge is -2.19. The second kappa shape index (κ2) is 8.50. The van der Waals surface area contributed by atoms with Crippen molar-refractivity contribution in [3.63, 3.8) is 0 Å². The number of benzene rings is 1. The van der Waals surface area contributed by atoms with Crippen molar-refractivity contribution in [1.29, 1.82) is 0 Å². The second-order valence-corrected chi connectivity index (χ2v) is 6.92. The maximum Gasteiger partial charge on any atom is 0.243 e. The van der Waals surface area contributed by atoms with Crippen LogP contribution >= 0.6 is 0 Å². The number of ether oxygens (including phenoxy) is 1. The standard InChI is InChI=1S/C21H20F2N6O2/c1-13(17-9-16(23)3-4-19(17)31-8-6-22)26-20-5-7-28-21(27-20)18(11-25-28)15-10-24-29(12-15)14(2)30/h3-5,7,9-13H,6,8H2,1-2H3,(H,26,27). The van der Waals surface area contributed by atoms with Gasteiger partial charge in [0.25, 0.3) is 0 Å². The highest BCUT2D eigenvalue weighted by atomic mass is 19.1. The summed E-state index contributed by atoms with van der Waals surface area (Å²) in [4.78, 5) is 16.1. The number of carbonyl (C=O) groups is 1. The van der Waals surface area contributed by atoms with E-state index in [1.165, 1.54) is 29.8 Å². The average molecular weight is 426 g/mol. The van der Waals surface area contributed by atoms with E-state index in [9.17, 15) is 13.6 Å². The molecule has 0 aliphatic carbocycles. The second-order valence-electron chi connectivity index (χ2n) is 6.92. The Morgan fingerprint density at radius 1 is 1.26 bits per heavy atom. The molecular weight excluding hydrogens is 406 g/mol. The van der Waals surface area contributed by atoms with Crippen molar-refractivity contribution in [2.45, 2.75) is 19.9 Å². The smallest absolute Gasteiger partial charge is 0.243 e. The predicted molar refractivity (Wildman–Crippen MR) is 110 cm³/mol. The van der Waals surface area contributed by atoms with Gasteiger partial charge in [0.15, 0.2) is 5.65 Å². The lowest BCUT2D eigenvalue weighted by atomic mass is 10.1. The van der Waals surface area contributed by atoms with Gasteiger partial charge in [-0.3, -0.25) is 4.79 Å². The molecule has 1 unspecified atom stereocenters. The molecule has 0 amide bonds. The summed E-state index contributed by atoms with van der Waals surface area (Å²) in [6, 6.07) is 5.47. The number of nitrogens with zero attached hydrogens (tertiary/aromatic N) is 5. The Morgan fingerprint density at radius 3 is 2.84 bits per heavy atom. The molecule has 4 aromatic rings. The topological polar surface area (TPSA) is 86.3 Å². The molecule has 0 radical (unpaired) electrons. The van der Waals surface area contributed by atoms with Crippen molar-refractivity contribution >= 4 is 17.4 Å². The zero-order valence-corrected chi connectivity index (χ0v) is 16.9. The van der Waals surface area contributed by atoms with Crippen molar-refractivity contribution in [2.24, 2.45) is 0 Å². The molecule has 3 aromatic heterocycles. The minimum Gasteiger partial charge on any atom is -0.490 e. The zero-order chi connectivity index (χ0) is 22.0. The van der Waals surface area contributed by atoms with Gasteiger partial charge in [0.05, 0.1) is 18.4 Å². The Hall–Kier alpha value is -3.82. The van der Waals surface area contributed by atoms with Crippen molar-refractivity contribution < 1.29 is 18.3 Å². The summed E-state index contributed by atoms with van der Waals surface area (Å²) in [5, 5.41) is 11.5. The first-order valence-corrected chi connectivity index (χ1v) is 9.61. The van der Waals surface area contributed by atoms with Crippen LogP contribution in [0.25, 0.3) is 16.8 Å². The molecule has 1 aromatic carbocycles. The summed E-state index contributed by atoms with van der Waals surface area (Å²) in [6.45, 7) is 2.51. The number of nitrogens with one attached hydrogen (secondary N) is 1. The fourth-order valence-electron chi connectivity index (χ4n) is 3.22. The van der Waals surface area contributed by atoms with E-state index >= 15 is 0 Å². The number of aromatic nitrogens is 5. The Kier molecular flexibility index (Phi) is 5.61. The van der Waals surface area contributed by atoms with E-state index in [-0.39, 0.29) is 18.6 Å². The quantitative estimate of drug-likeness (QED) is 0.482. The monoisotopic (exact) mass is 426 g/mol. The van der Waals surface area contributed by atoms with Crippen LogP contribution in [0.1, 0.15) is 30.2 Å². The third kappa shape index (κ3) is 4.23. The number of halogens is 2. The summed E-state index contributed by atoms with van der Waals surface area (Å²) in [5.74, 6) is 0.316. The number of alkyl halides is 1. The van der Waals surface area contributed by atoms with Crippen molar-refractivity contribution in [3.05, 3.63) is 60.4 Å². The molecule has 10 heteroatoms. The van der Waals surface area contributed by atoms with Crippen LogP contribution in [-0.4, -0.2) is 43.6 Å². The third-order valence-corrected chi connectivity index (χ3v) is 4.72. The number of fused-ring (bicyclic) bond motifs is 1. The number of hydrogen-bond donors (Lipinski definition) is 1. The molecule has 0 saturated carbocycles. The van der Waals surface area contributed by atoms with Crippen LogP contribution in [0.3, 0.4) is 0 Å². The van der Waals surface area contributed by atoms with Crippen LogP contribution in [0.5, 0.6) is 5.75 Å². The lowest BCUT2D eigenvalue weighted by molar-refractivity contribution is 0.0921. The highest BCUT2D eigenvalue weighted by Crippen LogP contribution is 2.29. The molecule has 0 spiro atoms. The summed E-state index contributed by atoms with van der Waals surface area (Å²) < 4.78 is 34.6. The SMILES string of the molecule is CC(=O)n1cc(-c2cnn3ccc(NC(C)c4cc(F)ccc4OCCF)nc23)cn1. The van der Waals surface area contributed by atoms with E-state index < -0.39 is 12.5 Å². The number of carbonyl (C=O) groups excluding carboxylic acids is 1. The molecule has 0 fully saturated rings. The molecule has 0 bridgehead atoms. The molecule has 0 aliphatic heterocycles. The van der Waals surface area contributed by atoms with Gasteiger partial charge in [0.1, 0.15) is 30.7 Å². The van der Waals surface area contributed by atoms with Crippen LogP contribution in [0.15, 0.2) is 49.1 Å². The molecule has 3 heterocycles. The van der Waals surface area contributed by atoms with Crippen molar-refractivity contribution in [2.75, 3.05) is 18.6 Å². The normalized spacial score (nSPS) is 12.1. The first-order chi connectivity index (χ1) is 15.0. The molecular formula is C21H20F2N6O2. The van der Waals surface area contributed by atoms with Gasteiger partial charge in [-0.05, 0) is 31.2 Å². The maximum absolute atomic E-state index is 13.8. The highest BCUT2D eigenvalue weighted by molar-refractivity contribution is 5.80. The first-order valence-electron chi connectivity index (χ1n) is 9.61. The predicted octanol–water partition coefficient (Wildman–Crippen LogP) is 3.91.